The number of carbonyl (C=O) groups is 1. The quantitative estimate of drug-likeness (QED) is 0.508. The van der Waals surface area contributed by atoms with Crippen LogP contribution in [0.5, 0.6) is 5.75 Å². The summed E-state index contributed by atoms with van der Waals surface area (Å²) in [6.07, 6.45) is 3.07. The highest BCUT2D eigenvalue weighted by molar-refractivity contribution is 6.07. The van der Waals surface area contributed by atoms with Crippen molar-refractivity contribution in [1.82, 2.24) is 9.36 Å². The molecule has 1 aromatic heterocycles. The van der Waals surface area contributed by atoms with Crippen molar-refractivity contribution in [3.63, 3.8) is 0 Å². The zero-order valence-corrected chi connectivity index (χ0v) is 18.0. The Labute approximate surface area is 185 Å². The minimum Gasteiger partial charge on any atom is -0.485 e. The van der Waals surface area contributed by atoms with E-state index in [1.807, 2.05) is 73.7 Å². The number of fused-ring (bicyclic) bond motifs is 1. The van der Waals surface area contributed by atoms with Gasteiger partial charge < -0.3 is 10.1 Å². The summed E-state index contributed by atoms with van der Waals surface area (Å²) in [5.74, 6) is 0.104. The first-order valence-electron chi connectivity index (χ1n) is 10.1. The Morgan fingerprint density at radius 3 is 2.56 bits per heavy atom. The highest BCUT2D eigenvalue weighted by Gasteiger charge is 2.22. The summed E-state index contributed by atoms with van der Waals surface area (Å²) in [7, 11) is 1.74. The lowest BCUT2D eigenvalue weighted by Gasteiger charge is -2.22. The van der Waals surface area contributed by atoms with Crippen molar-refractivity contribution in [3.05, 3.63) is 93.4 Å². The van der Waals surface area contributed by atoms with E-state index in [1.165, 1.54) is 10.8 Å². The summed E-state index contributed by atoms with van der Waals surface area (Å²) in [5.41, 5.74) is 2.48. The van der Waals surface area contributed by atoms with Gasteiger partial charge in [0.2, 0.25) is 0 Å². The molecule has 2 heterocycles. The Kier molecular flexibility index (Phi) is 5.52. The Balaban J connectivity index is 1.66. The van der Waals surface area contributed by atoms with Crippen LogP contribution >= 0.6 is 0 Å². The molecule has 0 saturated heterocycles. The van der Waals surface area contributed by atoms with E-state index in [1.54, 1.807) is 18.7 Å². The van der Waals surface area contributed by atoms with E-state index in [0.29, 0.717) is 17.0 Å². The van der Waals surface area contributed by atoms with Gasteiger partial charge in [0.15, 0.2) is 0 Å². The van der Waals surface area contributed by atoms with Crippen LogP contribution in [0.2, 0.25) is 0 Å². The summed E-state index contributed by atoms with van der Waals surface area (Å²) in [5, 5.41) is 12.3. The number of nitrogens with one attached hydrogen (secondary N) is 1. The molecule has 0 spiro atoms. The number of anilines is 1. The molecular formula is C25H22N4O3. The lowest BCUT2D eigenvalue weighted by Crippen LogP contribution is -2.24. The Morgan fingerprint density at radius 1 is 1.16 bits per heavy atom. The monoisotopic (exact) mass is 426 g/mol. The van der Waals surface area contributed by atoms with Gasteiger partial charge in [-0.05, 0) is 49.8 Å². The number of amides is 1. The number of hydrogen-bond donors (Lipinski definition) is 1. The number of para-hydroxylation sites is 2. The van der Waals surface area contributed by atoms with Gasteiger partial charge in [-0.1, -0.05) is 36.4 Å². The molecule has 1 unspecified atom stereocenters. The third kappa shape index (κ3) is 3.74. The van der Waals surface area contributed by atoms with Crippen molar-refractivity contribution in [2.45, 2.75) is 20.0 Å². The van der Waals surface area contributed by atoms with Crippen molar-refractivity contribution < 1.29 is 9.53 Å². The first kappa shape index (κ1) is 20.9. The fourth-order valence-corrected chi connectivity index (χ4v) is 3.63. The van der Waals surface area contributed by atoms with Gasteiger partial charge in [0.25, 0.3) is 11.5 Å². The highest BCUT2D eigenvalue weighted by Crippen LogP contribution is 2.30. The molecule has 0 aliphatic carbocycles. The van der Waals surface area contributed by atoms with Gasteiger partial charge in [0, 0.05) is 12.6 Å². The number of aromatic nitrogens is 2. The van der Waals surface area contributed by atoms with E-state index >= 15 is 0 Å². The molecule has 1 aliphatic heterocycles. The van der Waals surface area contributed by atoms with Crippen molar-refractivity contribution in [1.29, 1.82) is 5.26 Å². The summed E-state index contributed by atoms with van der Waals surface area (Å²) in [6, 6.07) is 18.6. The van der Waals surface area contributed by atoms with Gasteiger partial charge in [-0.25, -0.2) is 4.68 Å². The molecule has 0 fully saturated rings. The topological polar surface area (TPSA) is 89.1 Å². The first-order chi connectivity index (χ1) is 15.4. The number of carbonyl (C=O) groups excluding carboxylic acids is 1. The van der Waals surface area contributed by atoms with E-state index in [-0.39, 0.29) is 22.9 Å². The number of nitrogens with zero attached hydrogens (tertiary/aromatic N) is 3. The molecule has 4 rings (SSSR count). The van der Waals surface area contributed by atoms with E-state index in [9.17, 15) is 14.9 Å². The predicted molar refractivity (Wildman–Crippen MR) is 123 cm³/mol. The molecule has 1 amide bonds. The molecule has 1 N–H and O–H groups in total. The van der Waals surface area contributed by atoms with Crippen LogP contribution in [0.4, 0.5) is 5.69 Å². The van der Waals surface area contributed by atoms with Crippen molar-refractivity contribution >= 4 is 17.7 Å². The number of rotatable bonds is 4. The van der Waals surface area contributed by atoms with Gasteiger partial charge in [0.1, 0.15) is 29.2 Å². The molecule has 1 aliphatic rings. The SMILES string of the molecule is Cc1c(NC(=O)C(C#N)=CC2=Cc3ccccc3OC2C)c(=O)n(-c2ccccc2)n1C. The van der Waals surface area contributed by atoms with Crippen LogP contribution < -0.4 is 15.6 Å². The maximum atomic E-state index is 13.0. The minimum atomic E-state index is -0.648. The minimum absolute atomic E-state index is 0.111. The van der Waals surface area contributed by atoms with Crippen LogP contribution in [0, 0.1) is 18.3 Å². The molecule has 3 aromatic rings. The second kappa shape index (κ2) is 8.44. The molecule has 1 atom stereocenters. The van der Waals surface area contributed by atoms with E-state index in [4.69, 9.17) is 4.74 Å². The molecule has 0 radical (unpaired) electrons. The summed E-state index contributed by atoms with van der Waals surface area (Å²) in [4.78, 5) is 25.9. The molecule has 0 bridgehead atoms. The zero-order chi connectivity index (χ0) is 22.8. The average Bonchev–Trinajstić information content (AvgIpc) is 3.01. The van der Waals surface area contributed by atoms with Crippen LogP contribution in [0.1, 0.15) is 18.2 Å². The van der Waals surface area contributed by atoms with Crippen LogP contribution in [0.15, 0.2) is 76.6 Å². The van der Waals surface area contributed by atoms with Crippen LogP contribution in [0.3, 0.4) is 0 Å². The Bertz CT molecular complexity index is 1350. The molecule has 7 heteroatoms. The van der Waals surface area contributed by atoms with Gasteiger partial charge in [0.05, 0.1) is 11.4 Å². The fourth-order valence-electron chi connectivity index (χ4n) is 3.63. The Hall–Kier alpha value is -4.31. The fraction of sp³-hybridized carbons (Fsp3) is 0.160. The van der Waals surface area contributed by atoms with Crippen LogP contribution in [0.25, 0.3) is 11.8 Å². The summed E-state index contributed by atoms with van der Waals surface area (Å²) in [6.45, 7) is 3.59. The number of hydrogen-bond acceptors (Lipinski definition) is 4. The molecule has 2 aromatic carbocycles. The average molecular weight is 426 g/mol. The standard InChI is InChI=1S/C25H22N4O3/c1-16-23(25(31)29(28(16)3)21-10-5-4-6-11-21)27-24(30)20(15-26)14-19-13-18-9-7-8-12-22(18)32-17(19)2/h4-14,17H,1-3H3,(H,27,30). The largest absolute Gasteiger partial charge is 0.485 e. The maximum absolute atomic E-state index is 13.0. The van der Waals surface area contributed by atoms with Crippen LogP contribution in [-0.4, -0.2) is 21.4 Å². The lowest BCUT2D eigenvalue weighted by molar-refractivity contribution is -0.112. The second-order valence-electron chi connectivity index (χ2n) is 7.50. The summed E-state index contributed by atoms with van der Waals surface area (Å²) < 4.78 is 9.02. The molecule has 160 valence electrons. The third-order valence-corrected chi connectivity index (χ3v) is 5.48. The van der Waals surface area contributed by atoms with E-state index in [0.717, 1.165) is 11.3 Å². The number of nitriles is 1. The van der Waals surface area contributed by atoms with Crippen molar-refractivity contribution in [2.75, 3.05) is 5.32 Å². The van der Waals surface area contributed by atoms with Gasteiger partial charge in [-0.3, -0.25) is 14.3 Å². The van der Waals surface area contributed by atoms with Crippen molar-refractivity contribution in [2.24, 2.45) is 7.05 Å². The van der Waals surface area contributed by atoms with Crippen molar-refractivity contribution in [3.8, 4) is 17.5 Å². The van der Waals surface area contributed by atoms with E-state index in [2.05, 4.69) is 5.32 Å². The van der Waals surface area contributed by atoms with Gasteiger partial charge in [-0.2, -0.15) is 5.26 Å². The number of benzene rings is 2. The molecule has 32 heavy (non-hydrogen) atoms. The second-order valence-corrected chi connectivity index (χ2v) is 7.50. The van der Waals surface area contributed by atoms with Gasteiger partial charge >= 0.3 is 0 Å². The molecule has 0 saturated carbocycles. The third-order valence-electron chi connectivity index (χ3n) is 5.48. The maximum Gasteiger partial charge on any atom is 0.295 e. The normalized spacial score (nSPS) is 15.2. The number of ether oxygens (including phenoxy) is 1. The highest BCUT2D eigenvalue weighted by atomic mass is 16.5. The molecule has 7 nitrogen and oxygen atoms in total. The Morgan fingerprint density at radius 2 is 1.84 bits per heavy atom. The smallest absolute Gasteiger partial charge is 0.295 e. The van der Waals surface area contributed by atoms with Gasteiger partial charge in [-0.15, -0.1) is 0 Å². The first-order valence-corrected chi connectivity index (χ1v) is 10.1. The predicted octanol–water partition coefficient (Wildman–Crippen LogP) is 3.74. The van der Waals surface area contributed by atoms with Crippen LogP contribution in [-0.2, 0) is 11.8 Å². The van der Waals surface area contributed by atoms with E-state index < -0.39 is 5.91 Å². The zero-order valence-electron chi connectivity index (χ0n) is 18.0. The summed E-state index contributed by atoms with van der Waals surface area (Å²) >= 11 is 0. The molecular weight excluding hydrogens is 404 g/mol. The lowest BCUT2D eigenvalue weighted by atomic mass is 10.0.